The predicted octanol–water partition coefficient (Wildman–Crippen LogP) is 4.10. The van der Waals surface area contributed by atoms with E-state index in [0.717, 1.165) is 31.0 Å². The molecule has 0 radical (unpaired) electrons. The van der Waals surface area contributed by atoms with Gasteiger partial charge in [0, 0.05) is 12.1 Å². The van der Waals surface area contributed by atoms with Gasteiger partial charge in [-0.05, 0) is 68.8 Å². The first-order valence-electron chi connectivity index (χ1n) is 8.88. The topological polar surface area (TPSA) is 42.5 Å². The number of hydrogen-bond donors (Lipinski definition) is 2. The summed E-state index contributed by atoms with van der Waals surface area (Å²) in [5.74, 6) is 1.81. The molecule has 4 heteroatoms. The van der Waals surface area contributed by atoms with Crippen LogP contribution in [-0.2, 0) is 0 Å². The summed E-state index contributed by atoms with van der Waals surface area (Å²) >= 11 is 0. The Hall–Kier alpha value is -2.04. The fraction of sp³-hybridized carbons (Fsp3) is 0.429. The molecule has 0 bridgehead atoms. The van der Waals surface area contributed by atoms with Crippen molar-refractivity contribution in [3.8, 4) is 11.5 Å². The van der Waals surface area contributed by atoms with Crippen molar-refractivity contribution in [1.82, 2.24) is 10.6 Å². The van der Waals surface area contributed by atoms with Gasteiger partial charge in [0.2, 0.25) is 0 Å². The minimum Gasteiger partial charge on any atom is -0.497 e. The van der Waals surface area contributed by atoms with Gasteiger partial charge >= 0.3 is 0 Å². The molecule has 0 aliphatic heterocycles. The SMILES string of the molecule is COc1cccc([C@@H](C)NCCCN[C@H](C)c2cccc(OC)c2)c1. The smallest absolute Gasteiger partial charge is 0.119 e. The summed E-state index contributed by atoms with van der Waals surface area (Å²) in [4.78, 5) is 0. The van der Waals surface area contributed by atoms with Gasteiger partial charge in [-0.1, -0.05) is 24.3 Å². The van der Waals surface area contributed by atoms with Crippen LogP contribution in [-0.4, -0.2) is 27.3 Å². The summed E-state index contributed by atoms with van der Waals surface area (Å²) in [6, 6.07) is 17.1. The summed E-state index contributed by atoms with van der Waals surface area (Å²) in [7, 11) is 3.40. The Balaban J connectivity index is 1.70. The maximum atomic E-state index is 5.29. The van der Waals surface area contributed by atoms with Crippen molar-refractivity contribution in [3.05, 3.63) is 59.7 Å². The maximum absolute atomic E-state index is 5.29. The van der Waals surface area contributed by atoms with Gasteiger partial charge in [-0.2, -0.15) is 0 Å². The second-order valence-electron chi connectivity index (χ2n) is 6.26. The Morgan fingerprint density at radius 2 is 1.20 bits per heavy atom. The van der Waals surface area contributed by atoms with Gasteiger partial charge in [0.05, 0.1) is 14.2 Å². The zero-order chi connectivity index (χ0) is 18.1. The number of methoxy groups -OCH3 is 2. The van der Waals surface area contributed by atoms with Crippen molar-refractivity contribution in [2.45, 2.75) is 32.4 Å². The molecular weight excluding hydrogens is 312 g/mol. The summed E-state index contributed by atoms with van der Waals surface area (Å²) in [6.07, 6.45) is 1.07. The third kappa shape index (κ3) is 6.07. The lowest BCUT2D eigenvalue weighted by Crippen LogP contribution is -2.25. The molecule has 0 fully saturated rings. The van der Waals surface area contributed by atoms with Gasteiger partial charge in [-0.3, -0.25) is 0 Å². The highest BCUT2D eigenvalue weighted by atomic mass is 16.5. The van der Waals surface area contributed by atoms with Gasteiger partial charge in [0.15, 0.2) is 0 Å². The van der Waals surface area contributed by atoms with Gasteiger partial charge in [-0.25, -0.2) is 0 Å². The van der Waals surface area contributed by atoms with Crippen molar-refractivity contribution in [2.75, 3.05) is 27.3 Å². The number of hydrogen-bond acceptors (Lipinski definition) is 4. The van der Waals surface area contributed by atoms with Crippen molar-refractivity contribution in [3.63, 3.8) is 0 Å². The molecule has 0 saturated carbocycles. The number of nitrogens with one attached hydrogen (secondary N) is 2. The van der Waals surface area contributed by atoms with E-state index in [9.17, 15) is 0 Å². The van der Waals surface area contributed by atoms with Crippen LogP contribution in [0.5, 0.6) is 11.5 Å². The average molecular weight is 342 g/mol. The van der Waals surface area contributed by atoms with Crippen LogP contribution in [0.4, 0.5) is 0 Å². The van der Waals surface area contributed by atoms with E-state index in [4.69, 9.17) is 9.47 Å². The van der Waals surface area contributed by atoms with Crippen molar-refractivity contribution in [2.24, 2.45) is 0 Å². The minimum absolute atomic E-state index is 0.311. The van der Waals surface area contributed by atoms with Crippen LogP contribution in [0.15, 0.2) is 48.5 Å². The molecule has 2 rings (SSSR count). The van der Waals surface area contributed by atoms with Crippen LogP contribution in [0.3, 0.4) is 0 Å². The lowest BCUT2D eigenvalue weighted by molar-refractivity contribution is 0.413. The maximum Gasteiger partial charge on any atom is 0.119 e. The monoisotopic (exact) mass is 342 g/mol. The zero-order valence-corrected chi connectivity index (χ0v) is 15.7. The first-order chi connectivity index (χ1) is 12.1. The highest BCUT2D eigenvalue weighted by Crippen LogP contribution is 2.19. The largest absolute Gasteiger partial charge is 0.497 e. The minimum atomic E-state index is 0.311. The molecule has 25 heavy (non-hydrogen) atoms. The molecule has 0 heterocycles. The second kappa shape index (κ2) is 10.1. The number of ether oxygens (including phenoxy) is 2. The highest BCUT2D eigenvalue weighted by molar-refractivity contribution is 5.31. The lowest BCUT2D eigenvalue weighted by atomic mass is 10.1. The van der Waals surface area contributed by atoms with Crippen molar-refractivity contribution >= 4 is 0 Å². The van der Waals surface area contributed by atoms with E-state index in [-0.39, 0.29) is 0 Å². The number of rotatable bonds is 10. The molecule has 136 valence electrons. The molecule has 0 saturated heterocycles. The number of benzene rings is 2. The van der Waals surface area contributed by atoms with Crippen molar-refractivity contribution < 1.29 is 9.47 Å². The average Bonchev–Trinajstić information content (AvgIpc) is 2.67. The van der Waals surface area contributed by atoms with Crippen LogP contribution >= 0.6 is 0 Å². The Kier molecular flexibility index (Phi) is 7.76. The standard InChI is InChI=1S/C21H30N2O2/c1-16(18-8-5-10-20(14-18)24-3)22-12-7-13-23-17(2)19-9-6-11-21(15-19)25-4/h5-6,8-11,14-17,22-23H,7,12-13H2,1-4H3/t16-,17-/m1/s1. The third-order valence-corrected chi connectivity index (χ3v) is 4.44. The molecule has 0 spiro atoms. The fourth-order valence-electron chi connectivity index (χ4n) is 2.78. The summed E-state index contributed by atoms with van der Waals surface area (Å²) in [5.41, 5.74) is 2.49. The predicted molar refractivity (Wildman–Crippen MR) is 103 cm³/mol. The normalized spacial score (nSPS) is 13.3. The Bertz CT molecular complexity index is 590. The van der Waals surface area contributed by atoms with E-state index < -0.39 is 0 Å². The van der Waals surface area contributed by atoms with Gasteiger partial charge in [0.1, 0.15) is 11.5 Å². The quantitative estimate of drug-likeness (QED) is 0.638. The van der Waals surface area contributed by atoms with Crippen LogP contribution < -0.4 is 20.1 Å². The van der Waals surface area contributed by atoms with E-state index in [1.165, 1.54) is 11.1 Å². The highest BCUT2D eigenvalue weighted by Gasteiger charge is 2.07. The molecule has 0 aliphatic rings. The molecule has 0 aliphatic carbocycles. The van der Waals surface area contributed by atoms with Gasteiger partial charge in [-0.15, -0.1) is 0 Å². The summed E-state index contributed by atoms with van der Waals surface area (Å²) < 4.78 is 10.6. The van der Waals surface area contributed by atoms with E-state index in [2.05, 4.69) is 48.7 Å². The molecule has 2 N–H and O–H groups in total. The molecule has 0 amide bonds. The third-order valence-electron chi connectivity index (χ3n) is 4.44. The fourth-order valence-corrected chi connectivity index (χ4v) is 2.78. The van der Waals surface area contributed by atoms with Crippen LogP contribution in [0.25, 0.3) is 0 Å². The molecule has 2 aromatic carbocycles. The lowest BCUT2D eigenvalue weighted by Gasteiger charge is -2.17. The van der Waals surface area contributed by atoms with Gasteiger partial charge < -0.3 is 20.1 Å². The first kappa shape index (κ1) is 19.3. The second-order valence-corrected chi connectivity index (χ2v) is 6.26. The van der Waals surface area contributed by atoms with Gasteiger partial charge in [0.25, 0.3) is 0 Å². The molecular formula is C21H30N2O2. The Labute approximate surface area is 151 Å². The van der Waals surface area contributed by atoms with Crippen molar-refractivity contribution in [1.29, 1.82) is 0 Å². The van der Waals surface area contributed by atoms with E-state index in [0.29, 0.717) is 12.1 Å². The first-order valence-corrected chi connectivity index (χ1v) is 8.88. The molecule has 0 aromatic heterocycles. The van der Waals surface area contributed by atoms with E-state index in [1.54, 1.807) is 14.2 Å². The molecule has 2 atom stereocenters. The van der Waals surface area contributed by atoms with Crippen LogP contribution in [0, 0.1) is 0 Å². The van der Waals surface area contributed by atoms with Crippen LogP contribution in [0.2, 0.25) is 0 Å². The van der Waals surface area contributed by atoms with Crippen LogP contribution in [0.1, 0.15) is 43.5 Å². The zero-order valence-electron chi connectivity index (χ0n) is 15.7. The van der Waals surface area contributed by atoms with E-state index >= 15 is 0 Å². The summed E-state index contributed by atoms with van der Waals surface area (Å²) in [6.45, 7) is 6.30. The summed E-state index contributed by atoms with van der Waals surface area (Å²) in [5, 5.41) is 7.13. The Morgan fingerprint density at radius 1 is 0.760 bits per heavy atom. The Morgan fingerprint density at radius 3 is 1.60 bits per heavy atom. The van der Waals surface area contributed by atoms with E-state index in [1.807, 2.05) is 24.3 Å². The molecule has 4 nitrogen and oxygen atoms in total. The molecule has 0 unspecified atom stereocenters. The molecule has 2 aromatic rings.